The molecule has 1 N–H and O–H groups in total. The summed E-state index contributed by atoms with van der Waals surface area (Å²) in [6, 6.07) is 7.15. The Labute approximate surface area is 76.7 Å². The smallest absolute Gasteiger partial charge is 0.216 e. The zero-order chi connectivity index (χ0) is 9.26. The van der Waals surface area contributed by atoms with Gasteiger partial charge in [0.05, 0.1) is 6.04 Å². The lowest BCUT2D eigenvalue weighted by molar-refractivity contribution is 0.324. The summed E-state index contributed by atoms with van der Waals surface area (Å²) in [4.78, 5) is 4.28. The third-order valence-corrected chi connectivity index (χ3v) is 1.89. The molecular weight excluding hydrogens is 166 g/mol. The third-order valence-electron chi connectivity index (χ3n) is 1.89. The number of aromatic hydroxyl groups is 1. The van der Waals surface area contributed by atoms with E-state index in [0.717, 1.165) is 5.56 Å². The number of rotatable bonds is 1. The molecule has 0 bridgehead atoms. The normalized spacial score (nSPS) is 21.0. The Morgan fingerprint density at radius 2 is 2.38 bits per heavy atom. The first-order valence-electron chi connectivity index (χ1n) is 4.26. The average molecular weight is 177 g/mol. The molecule has 1 aliphatic rings. The summed E-state index contributed by atoms with van der Waals surface area (Å²) in [5, 5.41) is 9.23. The van der Waals surface area contributed by atoms with E-state index in [1.54, 1.807) is 18.2 Å². The maximum absolute atomic E-state index is 9.23. The van der Waals surface area contributed by atoms with E-state index in [2.05, 4.69) is 4.99 Å². The van der Waals surface area contributed by atoms with Gasteiger partial charge >= 0.3 is 0 Å². The van der Waals surface area contributed by atoms with Crippen molar-refractivity contribution in [2.45, 2.75) is 13.0 Å². The molecule has 0 amide bonds. The van der Waals surface area contributed by atoms with Gasteiger partial charge in [0.25, 0.3) is 0 Å². The van der Waals surface area contributed by atoms with Crippen LogP contribution >= 0.6 is 0 Å². The van der Waals surface area contributed by atoms with E-state index >= 15 is 0 Å². The van der Waals surface area contributed by atoms with Gasteiger partial charge in [-0.05, 0) is 25.1 Å². The second kappa shape index (κ2) is 3.09. The van der Waals surface area contributed by atoms with E-state index in [1.807, 2.05) is 13.0 Å². The molecule has 3 nitrogen and oxygen atoms in total. The molecule has 2 rings (SSSR count). The first-order chi connectivity index (χ1) is 6.25. The van der Waals surface area contributed by atoms with Crippen LogP contribution in [-0.4, -0.2) is 23.7 Å². The van der Waals surface area contributed by atoms with Gasteiger partial charge in [-0.1, -0.05) is 6.07 Å². The predicted molar refractivity (Wildman–Crippen MR) is 50.1 cm³/mol. The van der Waals surface area contributed by atoms with Crippen LogP contribution in [-0.2, 0) is 4.74 Å². The molecule has 1 aliphatic heterocycles. The quantitative estimate of drug-likeness (QED) is 0.707. The van der Waals surface area contributed by atoms with Gasteiger partial charge in [-0.3, -0.25) is 0 Å². The summed E-state index contributed by atoms with van der Waals surface area (Å²) in [6.45, 7) is 2.63. The molecule has 0 saturated carbocycles. The predicted octanol–water partition coefficient (Wildman–Crippen LogP) is 1.56. The zero-order valence-corrected chi connectivity index (χ0v) is 7.40. The lowest BCUT2D eigenvalue weighted by atomic mass is 10.2. The summed E-state index contributed by atoms with van der Waals surface area (Å²) in [6.07, 6.45) is 0. The van der Waals surface area contributed by atoms with Crippen molar-refractivity contribution in [1.82, 2.24) is 0 Å². The Bertz CT molecular complexity index is 347. The van der Waals surface area contributed by atoms with Crippen LogP contribution in [0.2, 0.25) is 0 Å². The monoisotopic (exact) mass is 177 g/mol. The lowest BCUT2D eigenvalue weighted by Crippen LogP contribution is -2.01. The second-order valence-corrected chi connectivity index (χ2v) is 3.14. The van der Waals surface area contributed by atoms with Crippen molar-refractivity contribution in [3.8, 4) is 5.75 Å². The average Bonchev–Trinajstić information content (AvgIpc) is 2.52. The molecule has 0 spiro atoms. The number of phenols is 1. The molecule has 0 aliphatic carbocycles. The van der Waals surface area contributed by atoms with Gasteiger partial charge in [-0.2, -0.15) is 0 Å². The Balaban J connectivity index is 2.31. The number of hydrogen-bond donors (Lipinski definition) is 1. The second-order valence-electron chi connectivity index (χ2n) is 3.14. The standard InChI is InChI=1S/C10H11NO2/c1-7-6-13-10(11-7)8-3-2-4-9(12)5-8/h2-5,7,12H,6H2,1H3/t7-/m1/s1. The van der Waals surface area contributed by atoms with Crippen LogP contribution in [0.3, 0.4) is 0 Å². The molecule has 0 radical (unpaired) electrons. The Morgan fingerprint density at radius 3 is 3.00 bits per heavy atom. The van der Waals surface area contributed by atoms with Crippen molar-refractivity contribution < 1.29 is 9.84 Å². The molecule has 0 saturated heterocycles. The Kier molecular flexibility index (Phi) is 1.93. The molecule has 68 valence electrons. The van der Waals surface area contributed by atoms with Crippen molar-refractivity contribution in [3.63, 3.8) is 0 Å². The number of nitrogens with zero attached hydrogens (tertiary/aromatic N) is 1. The molecule has 1 atom stereocenters. The molecule has 1 aromatic carbocycles. The van der Waals surface area contributed by atoms with Crippen LogP contribution < -0.4 is 0 Å². The van der Waals surface area contributed by atoms with E-state index < -0.39 is 0 Å². The third kappa shape index (κ3) is 1.64. The first-order valence-corrected chi connectivity index (χ1v) is 4.26. The van der Waals surface area contributed by atoms with Gasteiger partial charge in [0.1, 0.15) is 12.4 Å². The Hall–Kier alpha value is -1.51. The van der Waals surface area contributed by atoms with Gasteiger partial charge in [0.15, 0.2) is 0 Å². The molecule has 3 heteroatoms. The van der Waals surface area contributed by atoms with Crippen LogP contribution in [0.25, 0.3) is 0 Å². The molecular formula is C10H11NO2. The highest BCUT2D eigenvalue weighted by atomic mass is 16.5. The van der Waals surface area contributed by atoms with Crippen molar-refractivity contribution in [2.24, 2.45) is 4.99 Å². The molecule has 13 heavy (non-hydrogen) atoms. The topological polar surface area (TPSA) is 41.8 Å². The SMILES string of the molecule is C[C@@H]1COC(c2cccc(O)c2)=N1. The van der Waals surface area contributed by atoms with Crippen molar-refractivity contribution >= 4 is 5.90 Å². The van der Waals surface area contributed by atoms with Gasteiger partial charge in [-0.25, -0.2) is 4.99 Å². The molecule has 1 heterocycles. The number of ether oxygens (including phenoxy) is 1. The first kappa shape index (κ1) is 8.10. The van der Waals surface area contributed by atoms with Gasteiger partial charge in [-0.15, -0.1) is 0 Å². The van der Waals surface area contributed by atoms with Gasteiger partial charge < -0.3 is 9.84 Å². The fourth-order valence-corrected chi connectivity index (χ4v) is 1.27. The molecule has 0 fully saturated rings. The van der Waals surface area contributed by atoms with Crippen molar-refractivity contribution in [2.75, 3.05) is 6.61 Å². The highest BCUT2D eigenvalue weighted by Crippen LogP contribution is 2.16. The van der Waals surface area contributed by atoms with Gasteiger partial charge in [0.2, 0.25) is 5.90 Å². The molecule has 1 aromatic rings. The van der Waals surface area contributed by atoms with Crippen LogP contribution in [0.4, 0.5) is 0 Å². The van der Waals surface area contributed by atoms with Crippen LogP contribution in [0.1, 0.15) is 12.5 Å². The fraction of sp³-hybridized carbons (Fsp3) is 0.300. The van der Waals surface area contributed by atoms with Gasteiger partial charge in [0, 0.05) is 5.56 Å². The lowest BCUT2D eigenvalue weighted by Gasteiger charge is -2.00. The van der Waals surface area contributed by atoms with Crippen LogP contribution in [0.15, 0.2) is 29.3 Å². The van der Waals surface area contributed by atoms with Crippen molar-refractivity contribution in [3.05, 3.63) is 29.8 Å². The van der Waals surface area contributed by atoms with E-state index in [0.29, 0.717) is 12.5 Å². The maximum Gasteiger partial charge on any atom is 0.216 e. The van der Waals surface area contributed by atoms with E-state index in [9.17, 15) is 5.11 Å². The minimum absolute atomic E-state index is 0.220. The number of aliphatic imine (C=N–C) groups is 1. The highest BCUT2D eigenvalue weighted by Gasteiger charge is 2.15. The van der Waals surface area contributed by atoms with Crippen molar-refractivity contribution in [1.29, 1.82) is 0 Å². The van der Waals surface area contributed by atoms with E-state index in [4.69, 9.17) is 4.74 Å². The molecule has 0 unspecified atom stereocenters. The van der Waals surface area contributed by atoms with Crippen LogP contribution in [0.5, 0.6) is 5.75 Å². The largest absolute Gasteiger partial charge is 0.508 e. The zero-order valence-electron chi connectivity index (χ0n) is 7.40. The minimum Gasteiger partial charge on any atom is -0.508 e. The summed E-state index contributed by atoms with van der Waals surface area (Å²) < 4.78 is 5.35. The minimum atomic E-state index is 0.220. The molecule has 0 aromatic heterocycles. The number of hydrogen-bond acceptors (Lipinski definition) is 3. The fourth-order valence-electron chi connectivity index (χ4n) is 1.27. The van der Waals surface area contributed by atoms with E-state index in [1.165, 1.54) is 0 Å². The number of benzene rings is 1. The summed E-state index contributed by atoms with van der Waals surface area (Å²) in [5.41, 5.74) is 0.837. The summed E-state index contributed by atoms with van der Waals surface area (Å²) in [7, 11) is 0. The number of phenolic OH excluding ortho intramolecular Hbond substituents is 1. The highest BCUT2D eigenvalue weighted by molar-refractivity contribution is 5.95. The summed E-state index contributed by atoms with van der Waals surface area (Å²) >= 11 is 0. The van der Waals surface area contributed by atoms with Crippen LogP contribution in [0, 0.1) is 0 Å². The maximum atomic E-state index is 9.23. The Morgan fingerprint density at radius 1 is 1.54 bits per heavy atom. The van der Waals surface area contributed by atoms with E-state index in [-0.39, 0.29) is 11.8 Å². The summed E-state index contributed by atoms with van der Waals surface area (Å²) in [5.74, 6) is 0.867.